The predicted octanol–water partition coefficient (Wildman–Crippen LogP) is 3.14. The van der Waals surface area contributed by atoms with E-state index in [1.807, 2.05) is 25.2 Å². The molecule has 0 aromatic heterocycles. The molecule has 0 radical (unpaired) electrons. The molecule has 1 aliphatic heterocycles. The Labute approximate surface area is 137 Å². The molecule has 23 heavy (non-hydrogen) atoms. The van der Waals surface area contributed by atoms with Crippen LogP contribution in [0.4, 0.5) is 11.4 Å². The van der Waals surface area contributed by atoms with Gasteiger partial charge in [-0.2, -0.15) is 0 Å². The topological polar surface area (TPSA) is 49.6 Å². The predicted molar refractivity (Wildman–Crippen MR) is 94.5 cm³/mol. The molecule has 0 bridgehead atoms. The normalized spacial score (nSPS) is 14.0. The minimum atomic E-state index is -0.0423. The van der Waals surface area contributed by atoms with Crippen LogP contribution in [-0.2, 0) is 6.54 Å². The van der Waals surface area contributed by atoms with Crippen LogP contribution in [0.5, 0.6) is 0 Å². The Kier molecular flexibility index (Phi) is 4.51. The number of hydrogen-bond acceptors (Lipinski definition) is 3. The first-order valence-electron chi connectivity index (χ1n) is 8.09. The van der Waals surface area contributed by atoms with Crippen molar-refractivity contribution in [1.82, 2.24) is 4.90 Å². The molecular formula is C19H23N3O. The van der Waals surface area contributed by atoms with Crippen molar-refractivity contribution in [2.75, 3.05) is 30.8 Å². The van der Waals surface area contributed by atoms with E-state index in [0.29, 0.717) is 17.8 Å². The van der Waals surface area contributed by atoms with Gasteiger partial charge in [0.05, 0.1) is 5.56 Å². The highest BCUT2D eigenvalue weighted by atomic mass is 16.2. The Hall–Kier alpha value is -2.49. The maximum Gasteiger partial charge on any atom is 0.255 e. The SMILES string of the molecule is CN(Cc1ccccc1N1CCCC1)C(=O)c1ccccc1N. The van der Waals surface area contributed by atoms with Gasteiger partial charge in [-0.25, -0.2) is 0 Å². The first-order valence-corrected chi connectivity index (χ1v) is 8.09. The maximum absolute atomic E-state index is 12.6. The van der Waals surface area contributed by atoms with Gasteiger partial charge in [0.15, 0.2) is 0 Å². The van der Waals surface area contributed by atoms with Crippen LogP contribution in [0.2, 0.25) is 0 Å². The summed E-state index contributed by atoms with van der Waals surface area (Å²) in [4.78, 5) is 16.8. The van der Waals surface area contributed by atoms with E-state index < -0.39 is 0 Å². The first kappa shape index (κ1) is 15.4. The standard InChI is InChI=1S/C19H23N3O/c1-21(19(23)16-9-3-4-10-17(16)20)14-15-8-2-5-11-18(15)22-12-6-7-13-22/h2-5,8-11H,6-7,12-14,20H2,1H3. The molecule has 0 atom stereocenters. The van der Waals surface area contributed by atoms with Crippen molar-refractivity contribution in [3.05, 3.63) is 59.7 Å². The summed E-state index contributed by atoms with van der Waals surface area (Å²) < 4.78 is 0. The number of nitrogen functional groups attached to an aromatic ring is 1. The molecule has 2 aromatic rings. The molecular weight excluding hydrogens is 286 g/mol. The summed E-state index contributed by atoms with van der Waals surface area (Å²) in [6.45, 7) is 2.78. The van der Waals surface area contributed by atoms with Crippen LogP contribution in [0.25, 0.3) is 0 Å². The van der Waals surface area contributed by atoms with E-state index >= 15 is 0 Å². The Morgan fingerprint density at radius 1 is 1.09 bits per heavy atom. The lowest BCUT2D eigenvalue weighted by atomic mass is 10.1. The molecule has 4 nitrogen and oxygen atoms in total. The van der Waals surface area contributed by atoms with Crippen molar-refractivity contribution in [3.8, 4) is 0 Å². The fourth-order valence-corrected chi connectivity index (χ4v) is 3.14. The Morgan fingerprint density at radius 3 is 2.48 bits per heavy atom. The zero-order chi connectivity index (χ0) is 16.2. The highest BCUT2D eigenvalue weighted by molar-refractivity contribution is 5.98. The molecule has 1 fully saturated rings. The maximum atomic E-state index is 12.6. The van der Waals surface area contributed by atoms with E-state index in [2.05, 4.69) is 23.1 Å². The first-order chi connectivity index (χ1) is 11.2. The third-order valence-electron chi connectivity index (χ3n) is 4.38. The third-order valence-corrected chi connectivity index (χ3v) is 4.38. The minimum absolute atomic E-state index is 0.0423. The molecule has 2 aromatic carbocycles. The second-order valence-corrected chi connectivity index (χ2v) is 6.07. The number of carbonyl (C=O) groups excluding carboxylic acids is 1. The fourth-order valence-electron chi connectivity index (χ4n) is 3.14. The summed E-state index contributed by atoms with van der Waals surface area (Å²) >= 11 is 0. The monoisotopic (exact) mass is 309 g/mol. The second-order valence-electron chi connectivity index (χ2n) is 6.07. The van der Waals surface area contributed by atoms with E-state index in [1.54, 1.807) is 17.0 Å². The summed E-state index contributed by atoms with van der Waals surface area (Å²) in [6.07, 6.45) is 2.48. The number of nitrogens with two attached hydrogens (primary N) is 1. The lowest BCUT2D eigenvalue weighted by molar-refractivity contribution is 0.0786. The number of benzene rings is 2. The molecule has 2 N–H and O–H groups in total. The van der Waals surface area contributed by atoms with Gasteiger partial charge in [0.1, 0.15) is 0 Å². The molecule has 1 heterocycles. The number of nitrogens with zero attached hydrogens (tertiary/aromatic N) is 2. The van der Waals surface area contributed by atoms with Crippen molar-refractivity contribution >= 4 is 17.3 Å². The Morgan fingerprint density at radius 2 is 1.74 bits per heavy atom. The van der Waals surface area contributed by atoms with Crippen molar-refractivity contribution in [3.63, 3.8) is 0 Å². The quantitative estimate of drug-likeness (QED) is 0.883. The van der Waals surface area contributed by atoms with E-state index in [0.717, 1.165) is 13.1 Å². The highest BCUT2D eigenvalue weighted by Gasteiger charge is 2.19. The highest BCUT2D eigenvalue weighted by Crippen LogP contribution is 2.26. The zero-order valence-electron chi connectivity index (χ0n) is 13.5. The van der Waals surface area contributed by atoms with Gasteiger partial charge in [-0.05, 0) is 36.6 Å². The number of rotatable bonds is 4. The minimum Gasteiger partial charge on any atom is -0.398 e. The molecule has 4 heteroatoms. The van der Waals surface area contributed by atoms with Crippen LogP contribution in [-0.4, -0.2) is 30.9 Å². The number of para-hydroxylation sites is 2. The van der Waals surface area contributed by atoms with Crippen LogP contribution in [0, 0.1) is 0 Å². The van der Waals surface area contributed by atoms with Gasteiger partial charge in [-0.3, -0.25) is 4.79 Å². The summed E-state index contributed by atoms with van der Waals surface area (Å²) in [7, 11) is 1.83. The largest absolute Gasteiger partial charge is 0.398 e. The fraction of sp³-hybridized carbons (Fsp3) is 0.316. The van der Waals surface area contributed by atoms with Gasteiger partial charge in [-0.15, -0.1) is 0 Å². The number of anilines is 2. The van der Waals surface area contributed by atoms with Gasteiger partial charge >= 0.3 is 0 Å². The zero-order valence-corrected chi connectivity index (χ0v) is 13.5. The van der Waals surface area contributed by atoms with Crippen molar-refractivity contribution < 1.29 is 4.79 Å². The van der Waals surface area contributed by atoms with Crippen molar-refractivity contribution in [2.24, 2.45) is 0 Å². The molecule has 1 amide bonds. The van der Waals surface area contributed by atoms with Crippen LogP contribution in [0.1, 0.15) is 28.8 Å². The number of carbonyl (C=O) groups is 1. The lowest BCUT2D eigenvalue weighted by Crippen LogP contribution is -2.28. The Bertz CT molecular complexity index is 693. The molecule has 3 rings (SSSR count). The molecule has 1 aliphatic rings. The summed E-state index contributed by atoms with van der Waals surface area (Å²) in [5.41, 5.74) is 9.44. The van der Waals surface area contributed by atoms with Crippen LogP contribution in [0.3, 0.4) is 0 Å². The van der Waals surface area contributed by atoms with Gasteiger partial charge in [-0.1, -0.05) is 30.3 Å². The van der Waals surface area contributed by atoms with Crippen LogP contribution in [0.15, 0.2) is 48.5 Å². The third kappa shape index (κ3) is 3.31. The molecule has 0 unspecified atom stereocenters. The lowest BCUT2D eigenvalue weighted by Gasteiger charge is -2.24. The van der Waals surface area contributed by atoms with Gasteiger partial charge < -0.3 is 15.5 Å². The number of hydrogen-bond donors (Lipinski definition) is 1. The van der Waals surface area contributed by atoms with Crippen LogP contribution < -0.4 is 10.6 Å². The summed E-state index contributed by atoms with van der Waals surface area (Å²) in [6, 6.07) is 15.6. The second kappa shape index (κ2) is 6.73. The van der Waals surface area contributed by atoms with Gasteiger partial charge in [0.25, 0.3) is 5.91 Å². The Balaban J connectivity index is 1.79. The molecule has 0 spiro atoms. The molecule has 0 aliphatic carbocycles. The molecule has 1 saturated heterocycles. The van der Waals surface area contributed by atoms with Gasteiger partial charge in [0, 0.05) is 38.1 Å². The van der Waals surface area contributed by atoms with E-state index in [9.17, 15) is 4.79 Å². The van der Waals surface area contributed by atoms with Gasteiger partial charge in [0.2, 0.25) is 0 Å². The number of amides is 1. The van der Waals surface area contributed by atoms with E-state index in [1.165, 1.54) is 24.1 Å². The van der Waals surface area contributed by atoms with E-state index in [-0.39, 0.29) is 5.91 Å². The smallest absolute Gasteiger partial charge is 0.255 e. The average Bonchev–Trinajstić information content (AvgIpc) is 3.09. The summed E-state index contributed by atoms with van der Waals surface area (Å²) in [5, 5.41) is 0. The van der Waals surface area contributed by atoms with Crippen LogP contribution >= 0.6 is 0 Å². The average molecular weight is 309 g/mol. The van der Waals surface area contributed by atoms with Crippen molar-refractivity contribution in [1.29, 1.82) is 0 Å². The molecule has 0 saturated carbocycles. The summed E-state index contributed by atoms with van der Waals surface area (Å²) in [5.74, 6) is -0.0423. The van der Waals surface area contributed by atoms with E-state index in [4.69, 9.17) is 5.73 Å². The van der Waals surface area contributed by atoms with Crippen molar-refractivity contribution in [2.45, 2.75) is 19.4 Å². The molecule has 120 valence electrons.